The van der Waals surface area contributed by atoms with Crippen LogP contribution in [-0.4, -0.2) is 70.5 Å². The molecule has 0 saturated carbocycles. The molecule has 4 atom stereocenters. The number of hydrogen-bond acceptors (Lipinski definition) is 9. The van der Waals surface area contributed by atoms with Crippen molar-refractivity contribution in [2.24, 2.45) is 17.3 Å². The zero-order valence-corrected chi connectivity index (χ0v) is 31.4. The summed E-state index contributed by atoms with van der Waals surface area (Å²) in [4.78, 5) is 63.8. The van der Waals surface area contributed by atoms with Crippen molar-refractivity contribution < 1.29 is 48.4 Å². The molecule has 0 radical (unpaired) electrons. The molecular formula is C40H54N2O10. The van der Waals surface area contributed by atoms with Crippen molar-refractivity contribution in [1.82, 2.24) is 10.6 Å². The standard InChI is InChI=1S/C40H54N2O10/c1-26(2)23-33(51-37(48)40(7,8)25-41-38(49)52-39(4,5)6)36(47)50-32(27(3)17-18-28-13-10-9-11-14-28)15-12-16-34(44)42-31(35(45)46)24-29-19-21-30(43)22-20-29/h9-14,16-22,26-27,31-33,43H,15,23-25H2,1-8H3,(H,41,49)(H,42,44)(H,45,46)/b16-12+,18-17+/t27-,31-,32+,33+/m1/s1. The number of esters is 2. The molecule has 12 heteroatoms. The number of aliphatic carboxylic acids is 1. The topological polar surface area (TPSA) is 178 Å². The van der Waals surface area contributed by atoms with E-state index in [0.717, 1.165) is 5.56 Å². The van der Waals surface area contributed by atoms with Crippen LogP contribution in [0.2, 0.25) is 0 Å². The fourth-order valence-electron chi connectivity index (χ4n) is 4.73. The first-order chi connectivity index (χ1) is 24.3. The fraction of sp³-hybridized carbons (Fsp3) is 0.475. The number of phenolic OH excluding ortho intramolecular Hbond substituents is 1. The average Bonchev–Trinajstić information content (AvgIpc) is 3.05. The lowest BCUT2D eigenvalue weighted by Crippen LogP contribution is -2.44. The maximum absolute atomic E-state index is 13.7. The van der Waals surface area contributed by atoms with Crippen molar-refractivity contribution in [3.05, 3.63) is 84.0 Å². The molecule has 0 aliphatic carbocycles. The minimum atomic E-state index is -1.25. The van der Waals surface area contributed by atoms with E-state index in [1.807, 2.05) is 63.3 Å². The Bertz CT molecular complexity index is 1540. The molecule has 0 spiro atoms. The number of carboxylic acid groups (broad SMARTS) is 1. The molecule has 0 saturated heterocycles. The Kier molecular flexibility index (Phi) is 16.6. The highest BCUT2D eigenvalue weighted by Gasteiger charge is 2.36. The highest BCUT2D eigenvalue weighted by Crippen LogP contribution is 2.23. The number of ether oxygens (including phenoxy) is 3. The van der Waals surface area contributed by atoms with Crippen molar-refractivity contribution >= 4 is 36.0 Å². The molecule has 0 heterocycles. The number of phenols is 1. The van der Waals surface area contributed by atoms with Crippen LogP contribution in [0.1, 0.15) is 79.4 Å². The summed E-state index contributed by atoms with van der Waals surface area (Å²) in [6.07, 6.45) is 3.97. The van der Waals surface area contributed by atoms with Gasteiger partial charge in [0.2, 0.25) is 5.91 Å². The molecule has 284 valence electrons. The molecule has 0 fully saturated rings. The Morgan fingerprint density at radius 3 is 2.10 bits per heavy atom. The van der Waals surface area contributed by atoms with Gasteiger partial charge < -0.3 is 35.1 Å². The average molecular weight is 723 g/mol. The second kappa shape index (κ2) is 20.0. The summed E-state index contributed by atoms with van der Waals surface area (Å²) in [6.45, 7) is 13.8. The second-order valence-corrected chi connectivity index (χ2v) is 14.8. The summed E-state index contributed by atoms with van der Waals surface area (Å²) in [5.74, 6) is -3.72. The van der Waals surface area contributed by atoms with E-state index in [4.69, 9.17) is 14.2 Å². The van der Waals surface area contributed by atoms with E-state index in [-0.39, 0.29) is 43.4 Å². The third-order valence-electron chi connectivity index (χ3n) is 7.70. The third-order valence-corrected chi connectivity index (χ3v) is 7.70. The van der Waals surface area contributed by atoms with E-state index in [9.17, 15) is 34.2 Å². The predicted molar refractivity (Wildman–Crippen MR) is 197 cm³/mol. The molecule has 2 rings (SSSR count). The van der Waals surface area contributed by atoms with E-state index in [0.29, 0.717) is 5.56 Å². The minimum Gasteiger partial charge on any atom is -0.508 e. The molecule has 2 aromatic carbocycles. The summed E-state index contributed by atoms with van der Waals surface area (Å²) < 4.78 is 16.9. The van der Waals surface area contributed by atoms with Gasteiger partial charge >= 0.3 is 24.0 Å². The van der Waals surface area contributed by atoms with E-state index >= 15 is 0 Å². The normalized spacial score (nSPS) is 14.3. The van der Waals surface area contributed by atoms with Gasteiger partial charge in [0.15, 0.2) is 6.10 Å². The van der Waals surface area contributed by atoms with E-state index in [1.165, 1.54) is 24.3 Å². The van der Waals surface area contributed by atoms with Gasteiger partial charge in [-0.3, -0.25) is 9.59 Å². The van der Waals surface area contributed by atoms with Crippen LogP contribution in [0.3, 0.4) is 0 Å². The summed E-state index contributed by atoms with van der Waals surface area (Å²) in [5, 5.41) is 24.2. The van der Waals surface area contributed by atoms with Gasteiger partial charge in [0, 0.05) is 25.3 Å². The number of benzene rings is 2. The number of alkyl carbamates (subject to hydrolysis) is 1. The van der Waals surface area contributed by atoms with Crippen molar-refractivity contribution in [2.45, 2.75) is 98.5 Å². The number of nitrogens with one attached hydrogen (secondary N) is 2. The predicted octanol–water partition coefficient (Wildman–Crippen LogP) is 6.22. The number of carbonyl (C=O) groups is 5. The Morgan fingerprint density at radius 1 is 0.885 bits per heavy atom. The molecule has 0 unspecified atom stereocenters. The minimum absolute atomic E-state index is 0.000573. The first-order valence-corrected chi connectivity index (χ1v) is 17.3. The van der Waals surface area contributed by atoms with Gasteiger partial charge in [0.05, 0.1) is 5.41 Å². The Balaban J connectivity index is 2.21. The monoisotopic (exact) mass is 722 g/mol. The first-order valence-electron chi connectivity index (χ1n) is 17.3. The van der Waals surface area contributed by atoms with Crippen LogP contribution in [0.15, 0.2) is 72.8 Å². The number of carbonyl (C=O) groups excluding carboxylic acids is 4. The Morgan fingerprint density at radius 2 is 1.52 bits per heavy atom. The third kappa shape index (κ3) is 16.3. The van der Waals surface area contributed by atoms with Crippen LogP contribution in [-0.2, 0) is 39.8 Å². The van der Waals surface area contributed by atoms with Gasteiger partial charge in [-0.25, -0.2) is 14.4 Å². The number of amides is 2. The van der Waals surface area contributed by atoms with Crippen LogP contribution in [0.5, 0.6) is 5.75 Å². The first kappa shape index (κ1) is 43.0. The van der Waals surface area contributed by atoms with Gasteiger partial charge in [-0.2, -0.15) is 0 Å². The van der Waals surface area contributed by atoms with Crippen molar-refractivity contribution in [2.75, 3.05) is 6.54 Å². The quantitative estimate of drug-likeness (QED) is 0.0785. The van der Waals surface area contributed by atoms with Gasteiger partial charge in [-0.05, 0) is 76.3 Å². The number of hydrogen-bond donors (Lipinski definition) is 4. The van der Waals surface area contributed by atoms with E-state index in [2.05, 4.69) is 10.6 Å². The van der Waals surface area contributed by atoms with Crippen LogP contribution in [0.4, 0.5) is 4.79 Å². The Hall–Kier alpha value is -5.13. The van der Waals surface area contributed by atoms with Crippen LogP contribution < -0.4 is 10.6 Å². The molecule has 2 amide bonds. The number of aromatic hydroxyl groups is 1. The van der Waals surface area contributed by atoms with Crippen molar-refractivity contribution in [3.8, 4) is 5.75 Å². The summed E-state index contributed by atoms with van der Waals surface area (Å²) >= 11 is 0. The Labute approximate surface area is 306 Å². The zero-order valence-electron chi connectivity index (χ0n) is 31.4. The van der Waals surface area contributed by atoms with Gasteiger partial charge in [-0.15, -0.1) is 0 Å². The molecule has 52 heavy (non-hydrogen) atoms. The van der Waals surface area contributed by atoms with Crippen molar-refractivity contribution in [1.29, 1.82) is 0 Å². The highest BCUT2D eigenvalue weighted by atomic mass is 16.6. The maximum atomic E-state index is 13.7. The van der Waals surface area contributed by atoms with Crippen LogP contribution >= 0.6 is 0 Å². The molecular weight excluding hydrogens is 668 g/mol. The lowest BCUT2D eigenvalue weighted by atomic mass is 9.93. The molecule has 2 aromatic rings. The summed E-state index contributed by atoms with van der Waals surface area (Å²) in [7, 11) is 0. The lowest BCUT2D eigenvalue weighted by molar-refractivity contribution is -0.178. The van der Waals surface area contributed by atoms with Crippen LogP contribution in [0.25, 0.3) is 6.08 Å². The number of carboxylic acids is 1. The molecule has 0 aliphatic heterocycles. The molecule has 0 bridgehead atoms. The molecule has 4 N–H and O–H groups in total. The largest absolute Gasteiger partial charge is 0.508 e. The zero-order chi connectivity index (χ0) is 39.1. The van der Waals surface area contributed by atoms with E-state index in [1.54, 1.807) is 46.8 Å². The van der Waals surface area contributed by atoms with E-state index < -0.39 is 59.2 Å². The second-order valence-electron chi connectivity index (χ2n) is 14.8. The highest BCUT2D eigenvalue weighted by molar-refractivity contribution is 5.91. The van der Waals surface area contributed by atoms with Gasteiger partial charge in [0.25, 0.3) is 0 Å². The molecule has 0 aliphatic rings. The fourth-order valence-corrected chi connectivity index (χ4v) is 4.73. The summed E-state index contributed by atoms with van der Waals surface area (Å²) in [6, 6.07) is 14.3. The van der Waals surface area contributed by atoms with Crippen molar-refractivity contribution in [3.63, 3.8) is 0 Å². The molecule has 0 aromatic heterocycles. The smallest absolute Gasteiger partial charge is 0.407 e. The molecule has 12 nitrogen and oxygen atoms in total. The van der Waals surface area contributed by atoms with Gasteiger partial charge in [0.1, 0.15) is 23.5 Å². The number of rotatable bonds is 18. The lowest BCUT2D eigenvalue weighted by Gasteiger charge is -2.29. The van der Waals surface area contributed by atoms with Crippen LogP contribution in [0, 0.1) is 17.3 Å². The van der Waals surface area contributed by atoms with Gasteiger partial charge in [-0.1, -0.05) is 81.5 Å². The SMILES string of the molecule is CC(C)C[C@H](OC(=O)C(C)(C)CNC(=O)OC(C)(C)C)C(=O)O[C@@H](C/C=C/C(=O)N[C@H](Cc1ccc(O)cc1)C(=O)O)[C@H](C)/C=C/c1ccccc1. The maximum Gasteiger partial charge on any atom is 0.407 e. The summed E-state index contributed by atoms with van der Waals surface area (Å²) in [5.41, 5.74) is -0.389.